The summed E-state index contributed by atoms with van der Waals surface area (Å²) in [6.07, 6.45) is 0.165. The Morgan fingerprint density at radius 1 is 1.08 bits per heavy atom. The summed E-state index contributed by atoms with van der Waals surface area (Å²) in [6.45, 7) is 2.26. The van der Waals surface area contributed by atoms with Gasteiger partial charge in [-0.05, 0) is 52.7 Å². The monoisotopic (exact) mass is 471 g/mol. The fraction of sp³-hybridized carbons (Fsp3) is 0.235. The summed E-state index contributed by atoms with van der Waals surface area (Å²) in [5.41, 5.74) is 2.27. The number of sulfonamides is 1. The molecule has 7 heteroatoms. The maximum atomic E-state index is 12.9. The third-order valence-electron chi connectivity index (χ3n) is 4.01. The molecule has 0 saturated carbocycles. The highest BCUT2D eigenvalue weighted by Gasteiger charge is 2.30. The number of benzene rings is 2. The van der Waals surface area contributed by atoms with Crippen molar-refractivity contribution in [3.63, 3.8) is 0 Å². The first-order chi connectivity index (χ1) is 11.3. The van der Waals surface area contributed by atoms with Gasteiger partial charge in [0.05, 0.1) is 4.90 Å². The summed E-state index contributed by atoms with van der Waals surface area (Å²) < 4.78 is 28.7. The van der Waals surface area contributed by atoms with E-state index in [0.717, 1.165) is 10.0 Å². The molecule has 2 aromatic rings. The molecule has 0 amide bonds. The molecule has 0 fully saturated rings. The van der Waals surface area contributed by atoms with Crippen LogP contribution < -0.4 is 0 Å². The van der Waals surface area contributed by atoms with Gasteiger partial charge in [0.2, 0.25) is 10.0 Å². The third kappa shape index (κ3) is 3.35. The van der Waals surface area contributed by atoms with Gasteiger partial charge in [-0.15, -0.1) is 0 Å². The minimum Gasteiger partial charge on any atom is -0.294 e. The molecule has 0 spiro atoms. The van der Waals surface area contributed by atoms with Crippen LogP contribution in [0.15, 0.2) is 50.2 Å². The molecule has 0 aromatic heterocycles. The van der Waals surface area contributed by atoms with Crippen molar-refractivity contribution >= 4 is 47.7 Å². The second-order valence-electron chi connectivity index (χ2n) is 5.75. The minimum absolute atomic E-state index is 0.0500. The van der Waals surface area contributed by atoms with Crippen molar-refractivity contribution in [2.75, 3.05) is 6.54 Å². The van der Waals surface area contributed by atoms with Crippen LogP contribution >= 0.6 is 31.9 Å². The van der Waals surface area contributed by atoms with Gasteiger partial charge in [-0.25, -0.2) is 8.42 Å². The first-order valence-corrected chi connectivity index (χ1v) is 10.4. The van der Waals surface area contributed by atoms with Crippen LogP contribution in [0.5, 0.6) is 0 Å². The normalized spacial score (nSPS) is 15.9. The zero-order chi connectivity index (χ0) is 17.5. The lowest BCUT2D eigenvalue weighted by molar-refractivity contribution is 0.0980. The second kappa shape index (κ2) is 6.71. The van der Waals surface area contributed by atoms with Crippen molar-refractivity contribution in [3.05, 3.63) is 62.0 Å². The topological polar surface area (TPSA) is 54.5 Å². The Bertz CT molecular complexity index is 908. The lowest BCUT2D eigenvalue weighted by Crippen LogP contribution is -2.31. The van der Waals surface area contributed by atoms with Crippen LogP contribution in [0.3, 0.4) is 0 Å². The van der Waals surface area contributed by atoms with Crippen LogP contribution in [-0.4, -0.2) is 25.1 Å². The number of fused-ring (bicyclic) bond motifs is 1. The van der Waals surface area contributed by atoms with Gasteiger partial charge in [0.15, 0.2) is 5.78 Å². The molecule has 0 bridgehead atoms. The van der Waals surface area contributed by atoms with Crippen molar-refractivity contribution in [1.29, 1.82) is 0 Å². The fourth-order valence-electron chi connectivity index (χ4n) is 2.75. The number of rotatable bonds is 2. The number of carbonyl (C=O) groups excluding carboxylic acids is 1. The van der Waals surface area contributed by atoms with Crippen LogP contribution in [-0.2, 0) is 16.6 Å². The largest absolute Gasteiger partial charge is 0.294 e. The first kappa shape index (κ1) is 17.8. The van der Waals surface area contributed by atoms with Crippen LogP contribution in [0.25, 0.3) is 0 Å². The van der Waals surface area contributed by atoms with Crippen molar-refractivity contribution in [2.24, 2.45) is 0 Å². The lowest BCUT2D eigenvalue weighted by Gasteiger charge is -2.20. The van der Waals surface area contributed by atoms with Crippen molar-refractivity contribution in [3.8, 4) is 0 Å². The Labute approximate surface area is 158 Å². The van der Waals surface area contributed by atoms with Crippen LogP contribution in [0.4, 0.5) is 0 Å². The van der Waals surface area contributed by atoms with Gasteiger partial charge in [0.1, 0.15) is 0 Å². The van der Waals surface area contributed by atoms with Gasteiger partial charge in [0, 0.05) is 34.0 Å². The number of Topliss-reactive ketones (excluding diaryl/α,β-unsaturated/α-hetero) is 1. The molecule has 3 rings (SSSR count). The molecule has 0 unspecified atom stereocenters. The average Bonchev–Trinajstić information content (AvgIpc) is 2.67. The van der Waals surface area contributed by atoms with Crippen LogP contribution in [0, 0.1) is 6.92 Å². The van der Waals surface area contributed by atoms with E-state index >= 15 is 0 Å². The molecule has 2 aromatic carbocycles. The highest BCUT2D eigenvalue weighted by Crippen LogP contribution is 2.32. The molecule has 4 nitrogen and oxygen atoms in total. The summed E-state index contributed by atoms with van der Waals surface area (Å²) >= 11 is 6.81. The second-order valence-corrected chi connectivity index (χ2v) is 9.45. The third-order valence-corrected chi connectivity index (χ3v) is 6.95. The smallest absolute Gasteiger partial charge is 0.243 e. The van der Waals surface area contributed by atoms with Gasteiger partial charge in [-0.1, -0.05) is 33.6 Å². The van der Waals surface area contributed by atoms with Gasteiger partial charge in [-0.2, -0.15) is 4.31 Å². The summed E-state index contributed by atoms with van der Waals surface area (Å²) in [7, 11) is -3.64. The van der Waals surface area contributed by atoms with Gasteiger partial charge < -0.3 is 0 Å². The van der Waals surface area contributed by atoms with E-state index in [9.17, 15) is 13.2 Å². The molecule has 0 atom stereocenters. The Hall–Kier alpha value is -1.02. The van der Waals surface area contributed by atoms with Crippen LogP contribution in [0.1, 0.15) is 27.9 Å². The Balaban J connectivity index is 2.04. The molecule has 1 aliphatic rings. The number of nitrogens with zero attached hydrogens (tertiary/aromatic N) is 1. The molecule has 0 aliphatic carbocycles. The summed E-state index contributed by atoms with van der Waals surface area (Å²) in [5.74, 6) is -0.0500. The molecular weight excluding hydrogens is 458 g/mol. The van der Waals surface area contributed by atoms with E-state index in [1.807, 2.05) is 6.92 Å². The van der Waals surface area contributed by atoms with Gasteiger partial charge in [-0.3, -0.25) is 4.79 Å². The first-order valence-electron chi connectivity index (χ1n) is 7.37. The summed E-state index contributed by atoms with van der Waals surface area (Å²) in [6, 6.07) is 10.4. The number of aryl methyl sites for hydroxylation is 1. The van der Waals surface area contributed by atoms with Gasteiger partial charge >= 0.3 is 0 Å². The number of carbonyl (C=O) groups is 1. The molecule has 0 N–H and O–H groups in total. The summed E-state index contributed by atoms with van der Waals surface area (Å²) in [4.78, 5) is 12.7. The highest BCUT2D eigenvalue weighted by atomic mass is 79.9. The van der Waals surface area contributed by atoms with Crippen molar-refractivity contribution in [2.45, 2.75) is 24.8 Å². The molecule has 126 valence electrons. The Kier molecular flexibility index (Phi) is 4.97. The van der Waals surface area contributed by atoms with E-state index in [4.69, 9.17) is 0 Å². The van der Waals surface area contributed by atoms with Crippen molar-refractivity contribution in [1.82, 2.24) is 4.31 Å². The number of hydrogen-bond donors (Lipinski definition) is 0. The predicted molar refractivity (Wildman–Crippen MR) is 99.6 cm³/mol. The van der Waals surface area contributed by atoms with E-state index in [-0.39, 0.29) is 30.2 Å². The highest BCUT2D eigenvalue weighted by molar-refractivity contribution is 9.11. The number of ketones is 1. The fourth-order valence-corrected chi connectivity index (χ4v) is 5.70. The predicted octanol–water partition coefficient (Wildman–Crippen LogP) is 4.30. The molecule has 24 heavy (non-hydrogen) atoms. The molecule has 0 radical (unpaired) electrons. The minimum atomic E-state index is -3.64. The van der Waals surface area contributed by atoms with E-state index in [0.29, 0.717) is 15.6 Å². The zero-order valence-electron chi connectivity index (χ0n) is 12.9. The quantitative estimate of drug-likeness (QED) is 0.654. The SMILES string of the molecule is Cc1ccc(S(=O)(=O)N2CCC(=O)c3c(Br)cc(Br)cc3C2)cc1. The molecule has 0 saturated heterocycles. The zero-order valence-corrected chi connectivity index (χ0v) is 16.9. The average molecular weight is 473 g/mol. The standard InChI is InChI=1S/C17H15Br2NO3S/c1-11-2-4-14(5-3-11)24(22,23)20-7-6-16(21)17-12(10-20)8-13(18)9-15(17)19/h2-5,8-9H,6-7,10H2,1H3. The molecular formula is C17H15Br2NO3S. The molecule has 1 aliphatic heterocycles. The van der Waals surface area contributed by atoms with E-state index in [2.05, 4.69) is 31.9 Å². The van der Waals surface area contributed by atoms with Crippen molar-refractivity contribution < 1.29 is 13.2 Å². The lowest BCUT2D eigenvalue weighted by atomic mass is 10.0. The summed E-state index contributed by atoms with van der Waals surface area (Å²) in [5, 5.41) is 0. The van der Waals surface area contributed by atoms with E-state index < -0.39 is 10.0 Å². The Morgan fingerprint density at radius 3 is 2.42 bits per heavy atom. The maximum Gasteiger partial charge on any atom is 0.243 e. The van der Waals surface area contributed by atoms with Gasteiger partial charge in [0.25, 0.3) is 0 Å². The van der Waals surface area contributed by atoms with E-state index in [1.54, 1.807) is 36.4 Å². The number of hydrogen-bond acceptors (Lipinski definition) is 3. The molecule has 1 heterocycles. The van der Waals surface area contributed by atoms with Crippen LogP contribution in [0.2, 0.25) is 0 Å². The maximum absolute atomic E-state index is 12.9. The number of halogens is 2. The Morgan fingerprint density at radius 2 is 1.75 bits per heavy atom. The van der Waals surface area contributed by atoms with E-state index in [1.165, 1.54) is 4.31 Å².